The molecule has 1 aliphatic heterocycles. The van der Waals surface area contributed by atoms with Crippen LogP contribution in [0, 0.1) is 0 Å². The van der Waals surface area contributed by atoms with E-state index in [2.05, 4.69) is 40.5 Å². The maximum Gasteiger partial charge on any atom is 0.219 e. The van der Waals surface area contributed by atoms with Crippen molar-refractivity contribution in [2.45, 2.75) is 19.0 Å². The third kappa shape index (κ3) is 4.30. The lowest BCUT2D eigenvalue weighted by atomic mass is 9.96. The van der Waals surface area contributed by atoms with Crippen molar-refractivity contribution in [3.05, 3.63) is 102 Å². The van der Waals surface area contributed by atoms with Crippen molar-refractivity contribution in [2.75, 3.05) is 12.4 Å². The Hall–Kier alpha value is -4.32. The van der Waals surface area contributed by atoms with Gasteiger partial charge in [-0.1, -0.05) is 66.7 Å². The average Bonchev–Trinajstić information content (AvgIpc) is 2.86. The minimum atomic E-state index is -0.356. The molecule has 1 unspecified atom stereocenters. The summed E-state index contributed by atoms with van der Waals surface area (Å²) >= 11 is 0. The van der Waals surface area contributed by atoms with Gasteiger partial charge in [0.05, 0.1) is 25.3 Å². The van der Waals surface area contributed by atoms with Crippen LogP contribution in [-0.2, 0) is 11.3 Å². The zero-order valence-corrected chi connectivity index (χ0v) is 18.9. The number of nitrogens with zero attached hydrogens (tertiary/aromatic N) is 2. The number of nitrogens with one attached hydrogen (secondary N) is 1. The van der Waals surface area contributed by atoms with Gasteiger partial charge < -0.3 is 20.7 Å². The van der Waals surface area contributed by atoms with E-state index in [-0.39, 0.29) is 18.4 Å². The molecule has 34 heavy (non-hydrogen) atoms. The van der Waals surface area contributed by atoms with Gasteiger partial charge in [-0.15, -0.1) is 0 Å². The molecule has 5 rings (SSSR count). The largest absolute Gasteiger partial charge is 0.497 e. The fourth-order valence-corrected chi connectivity index (χ4v) is 4.50. The monoisotopic (exact) mass is 450 g/mol. The van der Waals surface area contributed by atoms with E-state index in [0.717, 1.165) is 28.3 Å². The molecule has 0 saturated carbocycles. The lowest BCUT2D eigenvalue weighted by Gasteiger charge is -2.38. The van der Waals surface area contributed by atoms with E-state index in [0.29, 0.717) is 12.5 Å². The number of guanidine groups is 1. The maximum absolute atomic E-state index is 12.2. The number of methoxy groups -OCH3 is 1. The van der Waals surface area contributed by atoms with Crippen molar-refractivity contribution in [3.63, 3.8) is 0 Å². The third-order valence-corrected chi connectivity index (χ3v) is 6.11. The standard InChI is InChI=1S/C28H26N4O2/c1-34-22-12-7-11-21(16-22)30-28-31-25-15-5-4-14-24(25)26(17-27(29)33)32(28)18-20-10-6-9-19-8-2-3-13-23(19)20/h2-16,26H,17-18H2,1H3,(H2,29,33)(H,30,31). The van der Waals surface area contributed by atoms with Crippen LogP contribution < -0.4 is 15.8 Å². The highest BCUT2D eigenvalue weighted by molar-refractivity contribution is 5.98. The number of carbonyl (C=O) groups is 1. The molecule has 3 N–H and O–H groups in total. The molecule has 1 aliphatic rings. The van der Waals surface area contributed by atoms with Crippen molar-refractivity contribution in [2.24, 2.45) is 10.7 Å². The molecule has 0 aromatic heterocycles. The second-order valence-corrected chi connectivity index (χ2v) is 8.30. The molecule has 1 atom stereocenters. The average molecular weight is 451 g/mol. The van der Waals surface area contributed by atoms with Crippen molar-refractivity contribution < 1.29 is 9.53 Å². The van der Waals surface area contributed by atoms with Gasteiger partial charge in [-0.05, 0) is 34.5 Å². The van der Waals surface area contributed by atoms with Crippen LogP contribution in [0.15, 0.2) is 96.0 Å². The molecule has 0 saturated heterocycles. The van der Waals surface area contributed by atoms with Crippen LogP contribution in [-0.4, -0.2) is 23.9 Å². The molecule has 0 aliphatic carbocycles. The summed E-state index contributed by atoms with van der Waals surface area (Å²) in [5, 5.41) is 5.80. The second-order valence-electron chi connectivity index (χ2n) is 8.30. The van der Waals surface area contributed by atoms with Crippen molar-refractivity contribution >= 4 is 34.0 Å². The van der Waals surface area contributed by atoms with Crippen molar-refractivity contribution in [1.29, 1.82) is 0 Å². The molecule has 0 spiro atoms. The summed E-state index contributed by atoms with van der Waals surface area (Å²) in [5.74, 6) is 1.05. The van der Waals surface area contributed by atoms with Gasteiger partial charge >= 0.3 is 0 Å². The van der Waals surface area contributed by atoms with Gasteiger partial charge in [0.1, 0.15) is 5.75 Å². The Balaban J connectivity index is 1.61. The summed E-state index contributed by atoms with van der Waals surface area (Å²) < 4.78 is 5.39. The molecule has 170 valence electrons. The SMILES string of the molecule is COc1cccc(NC2=Nc3ccccc3C(CC(N)=O)N2Cc2cccc3ccccc23)c1. The highest BCUT2D eigenvalue weighted by atomic mass is 16.5. The molecule has 0 radical (unpaired) electrons. The van der Waals surface area contributed by atoms with Gasteiger partial charge in [0.2, 0.25) is 11.9 Å². The van der Waals surface area contributed by atoms with E-state index in [1.165, 1.54) is 10.8 Å². The van der Waals surface area contributed by atoms with E-state index >= 15 is 0 Å². The molecule has 4 aromatic carbocycles. The van der Waals surface area contributed by atoms with E-state index in [9.17, 15) is 4.79 Å². The lowest BCUT2D eigenvalue weighted by molar-refractivity contribution is -0.119. The van der Waals surface area contributed by atoms with Gasteiger partial charge in [0, 0.05) is 23.9 Å². The van der Waals surface area contributed by atoms with Gasteiger partial charge in [0.15, 0.2) is 0 Å². The lowest BCUT2D eigenvalue weighted by Crippen LogP contribution is -2.42. The Morgan fingerprint density at radius 1 is 1.00 bits per heavy atom. The quantitative estimate of drug-likeness (QED) is 0.413. The number of amides is 1. The summed E-state index contributed by atoms with van der Waals surface area (Å²) in [6, 6.07) is 30.0. The van der Waals surface area contributed by atoms with Crippen molar-refractivity contribution in [1.82, 2.24) is 4.90 Å². The Morgan fingerprint density at radius 2 is 1.76 bits per heavy atom. The summed E-state index contributed by atoms with van der Waals surface area (Å²) in [4.78, 5) is 19.2. The van der Waals surface area contributed by atoms with Crippen LogP contribution in [0.2, 0.25) is 0 Å². The number of ether oxygens (including phenoxy) is 1. The van der Waals surface area contributed by atoms with Crippen LogP contribution >= 0.6 is 0 Å². The predicted octanol–water partition coefficient (Wildman–Crippen LogP) is 5.38. The van der Waals surface area contributed by atoms with Crippen LogP contribution in [0.25, 0.3) is 10.8 Å². The number of aliphatic imine (C=N–C) groups is 1. The number of hydrogen-bond acceptors (Lipinski definition) is 5. The first-order chi connectivity index (χ1) is 16.6. The molecule has 0 fully saturated rings. The first-order valence-electron chi connectivity index (χ1n) is 11.2. The highest BCUT2D eigenvalue weighted by Gasteiger charge is 2.31. The summed E-state index contributed by atoms with van der Waals surface area (Å²) in [7, 11) is 1.64. The minimum Gasteiger partial charge on any atom is -0.497 e. The Kier molecular flexibility index (Phi) is 5.87. The second kappa shape index (κ2) is 9.27. The zero-order valence-electron chi connectivity index (χ0n) is 18.9. The van der Waals surface area contributed by atoms with Crippen LogP contribution in [0.1, 0.15) is 23.6 Å². The molecule has 1 heterocycles. The van der Waals surface area contributed by atoms with E-state index in [1.807, 2.05) is 60.7 Å². The number of fused-ring (bicyclic) bond motifs is 2. The number of nitrogens with two attached hydrogens (primary N) is 1. The Morgan fingerprint density at radius 3 is 2.62 bits per heavy atom. The molecule has 6 nitrogen and oxygen atoms in total. The molecular formula is C28H26N4O2. The van der Waals surface area contributed by atoms with Gasteiger partial charge in [-0.25, -0.2) is 4.99 Å². The first-order valence-corrected chi connectivity index (χ1v) is 11.2. The predicted molar refractivity (Wildman–Crippen MR) is 136 cm³/mol. The molecular weight excluding hydrogens is 424 g/mol. The summed E-state index contributed by atoms with van der Waals surface area (Å²) in [5.41, 5.74) is 9.52. The molecule has 4 aromatic rings. The number of carbonyl (C=O) groups excluding carboxylic acids is 1. The van der Waals surface area contributed by atoms with Crippen LogP contribution in [0.4, 0.5) is 11.4 Å². The number of hydrogen-bond donors (Lipinski definition) is 2. The first kappa shape index (κ1) is 21.5. The number of rotatable bonds is 6. The summed E-state index contributed by atoms with van der Waals surface area (Å²) in [6.07, 6.45) is 0.181. The molecule has 0 bridgehead atoms. The Bertz CT molecular complexity index is 1380. The number of para-hydroxylation sites is 1. The van der Waals surface area contributed by atoms with Gasteiger partial charge in [0.25, 0.3) is 0 Å². The number of benzene rings is 4. The van der Waals surface area contributed by atoms with E-state index in [1.54, 1.807) is 7.11 Å². The number of anilines is 1. The summed E-state index contributed by atoms with van der Waals surface area (Å²) in [6.45, 7) is 0.559. The fourth-order valence-electron chi connectivity index (χ4n) is 4.50. The van der Waals surface area contributed by atoms with E-state index < -0.39 is 0 Å². The molecule has 6 heteroatoms. The smallest absolute Gasteiger partial charge is 0.219 e. The van der Waals surface area contributed by atoms with Gasteiger partial charge in [-0.3, -0.25) is 4.79 Å². The third-order valence-electron chi connectivity index (χ3n) is 6.11. The van der Waals surface area contributed by atoms with Gasteiger partial charge in [-0.2, -0.15) is 0 Å². The number of primary amides is 1. The minimum absolute atomic E-state index is 0.181. The molecule has 1 amide bonds. The topological polar surface area (TPSA) is 80.0 Å². The zero-order chi connectivity index (χ0) is 23.5. The normalized spacial score (nSPS) is 14.9. The van der Waals surface area contributed by atoms with Crippen LogP contribution in [0.5, 0.6) is 5.75 Å². The van der Waals surface area contributed by atoms with Crippen LogP contribution in [0.3, 0.4) is 0 Å². The Labute approximate surface area is 198 Å². The highest BCUT2D eigenvalue weighted by Crippen LogP contribution is 2.38. The van der Waals surface area contributed by atoms with Crippen molar-refractivity contribution in [3.8, 4) is 5.75 Å². The fraction of sp³-hybridized carbons (Fsp3) is 0.143. The maximum atomic E-state index is 12.2. The van der Waals surface area contributed by atoms with E-state index in [4.69, 9.17) is 15.5 Å².